The molecule has 124 valence electrons. The molecular formula is C16H23Cl3N2O. The molecule has 1 aliphatic rings. The largest absolute Gasteiger partial charge is 0.356 e. The number of hydrogen-bond donors (Lipinski definition) is 2. The molecule has 1 aliphatic carbocycles. The van der Waals surface area contributed by atoms with Gasteiger partial charge in [0.2, 0.25) is 5.91 Å². The first-order valence-corrected chi connectivity index (χ1v) is 8.28. The maximum atomic E-state index is 12.0. The molecular weight excluding hydrogens is 343 g/mol. The molecule has 0 radical (unpaired) electrons. The minimum Gasteiger partial charge on any atom is -0.356 e. The topological polar surface area (TPSA) is 55.1 Å². The van der Waals surface area contributed by atoms with Crippen molar-refractivity contribution in [3.8, 4) is 0 Å². The van der Waals surface area contributed by atoms with Gasteiger partial charge in [0.1, 0.15) is 0 Å². The summed E-state index contributed by atoms with van der Waals surface area (Å²) in [4.78, 5) is 12.0. The van der Waals surface area contributed by atoms with Crippen LogP contribution in [0.25, 0.3) is 0 Å². The molecule has 1 saturated carbocycles. The molecule has 0 bridgehead atoms. The molecule has 2 unspecified atom stereocenters. The highest BCUT2D eigenvalue weighted by molar-refractivity contribution is 6.35. The first-order valence-electron chi connectivity index (χ1n) is 7.52. The predicted octanol–water partition coefficient (Wildman–Crippen LogP) is 3.98. The first kappa shape index (κ1) is 19.6. The number of carbonyl (C=O) groups excluding carboxylic acids is 1. The van der Waals surface area contributed by atoms with Crippen molar-refractivity contribution in [1.82, 2.24) is 5.32 Å². The van der Waals surface area contributed by atoms with Crippen molar-refractivity contribution in [3.05, 3.63) is 33.8 Å². The molecule has 0 aliphatic heterocycles. The van der Waals surface area contributed by atoms with Crippen LogP contribution in [0.3, 0.4) is 0 Å². The fourth-order valence-electron chi connectivity index (χ4n) is 2.86. The van der Waals surface area contributed by atoms with Crippen molar-refractivity contribution in [2.45, 2.75) is 44.6 Å². The molecule has 1 aromatic rings. The fraction of sp³-hybridized carbons (Fsp3) is 0.562. The Morgan fingerprint density at radius 1 is 1.27 bits per heavy atom. The Hall–Kier alpha value is -0.480. The van der Waals surface area contributed by atoms with Gasteiger partial charge in [0.25, 0.3) is 0 Å². The Bertz CT molecular complexity index is 496. The number of carbonyl (C=O) groups is 1. The number of halogens is 3. The van der Waals surface area contributed by atoms with Crippen LogP contribution in [0, 0.1) is 5.92 Å². The third kappa shape index (κ3) is 5.96. The van der Waals surface area contributed by atoms with E-state index in [1.165, 1.54) is 12.8 Å². The Morgan fingerprint density at radius 3 is 2.68 bits per heavy atom. The third-order valence-electron chi connectivity index (χ3n) is 4.15. The van der Waals surface area contributed by atoms with E-state index in [0.717, 1.165) is 18.4 Å². The molecule has 3 nitrogen and oxygen atoms in total. The summed E-state index contributed by atoms with van der Waals surface area (Å²) in [6.45, 7) is 0.585. The van der Waals surface area contributed by atoms with Gasteiger partial charge in [-0.25, -0.2) is 0 Å². The van der Waals surface area contributed by atoms with E-state index in [-0.39, 0.29) is 24.4 Å². The standard InChI is InChI=1S/C16H22Cl2N2O.ClH/c17-13-6-5-11(14(18)10-13)7-8-20-16(21)9-12-3-1-2-4-15(12)19;/h5-6,10,12,15H,1-4,7-9,19H2,(H,20,21);1H. The van der Waals surface area contributed by atoms with Crippen molar-refractivity contribution < 1.29 is 4.79 Å². The summed E-state index contributed by atoms with van der Waals surface area (Å²) in [5, 5.41) is 4.22. The molecule has 1 fully saturated rings. The summed E-state index contributed by atoms with van der Waals surface area (Å²) in [6, 6.07) is 5.61. The molecule has 0 spiro atoms. The number of amides is 1. The van der Waals surface area contributed by atoms with Crippen LogP contribution in [0.15, 0.2) is 18.2 Å². The monoisotopic (exact) mass is 364 g/mol. The SMILES string of the molecule is Cl.NC1CCCCC1CC(=O)NCCc1ccc(Cl)cc1Cl. The first-order chi connectivity index (χ1) is 10.1. The van der Waals surface area contributed by atoms with Crippen molar-refractivity contribution >= 4 is 41.5 Å². The smallest absolute Gasteiger partial charge is 0.220 e. The van der Waals surface area contributed by atoms with Gasteiger partial charge in [0, 0.05) is 29.1 Å². The highest BCUT2D eigenvalue weighted by atomic mass is 35.5. The van der Waals surface area contributed by atoms with Gasteiger partial charge in [0.15, 0.2) is 0 Å². The van der Waals surface area contributed by atoms with Crippen molar-refractivity contribution in [2.75, 3.05) is 6.54 Å². The summed E-state index contributed by atoms with van der Waals surface area (Å²) < 4.78 is 0. The molecule has 0 heterocycles. The summed E-state index contributed by atoms with van der Waals surface area (Å²) in [7, 11) is 0. The van der Waals surface area contributed by atoms with Gasteiger partial charge in [-0.1, -0.05) is 42.1 Å². The van der Waals surface area contributed by atoms with E-state index >= 15 is 0 Å². The van der Waals surface area contributed by atoms with Crippen LogP contribution >= 0.6 is 35.6 Å². The Balaban J connectivity index is 0.00000242. The van der Waals surface area contributed by atoms with E-state index in [1.807, 2.05) is 12.1 Å². The van der Waals surface area contributed by atoms with Crippen LogP contribution in [0.2, 0.25) is 10.0 Å². The highest BCUT2D eigenvalue weighted by Gasteiger charge is 2.23. The van der Waals surface area contributed by atoms with Gasteiger partial charge >= 0.3 is 0 Å². The van der Waals surface area contributed by atoms with Crippen LogP contribution in [-0.2, 0) is 11.2 Å². The number of nitrogens with one attached hydrogen (secondary N) is 1. The maximum Gasteiger partial charge on any atom is 0.220 e. The number of nitrogens with two attached hydrogens (primary N) is 1. The van der Waals surface area contributed by atoms with Crippen LogP contribution < -0.4 is 11.1 Å². The minimum atomic E-state index is 0. The second-order valence-corrected chi connectivity index (χ2v) is 6.59. The van der Waals surface area contributed by atoms with Gasteiger partial charge in [-0.05, 0) is 42.9 Å². The molecule has 2 atom stereocenters. The lowest BCUT2D eigenvalue weighted by molar-refractivity contribution is -0.122. The van der Waals surface area contributed by atoms with Crippen LogP contribution in [0.5, 0.6) is 0 Å². The molecule has 0 saturated heterocycles. The normalized spacial score (nSPS) is 21.0. The van der Waals surface area contributed by atoms with Crippen molar-refractivity contribution in [3.63, 3.8) is 0 Å². The fourth-order valence-corrected chi connectivity index (χ4v) is 3.36. The van der Waals surface area contributed by atoms with E-state index in [9.17, 15) is 4.79 Å². The molecule has 2 rings (SSSR count). The Labute approximate surface area is 148 Å². The molecule has 0 aromatic heterocycles. The summed E-state index contributed by atoms with van der Waals surface area (Å²) >= 11 is 12.0. The lowest BCUT2D eigenvalue weighted by Gasteiger charge is -2.27. The maximum absolute atomic E-state index is 12.0. The molecule has 3 N–H and O–H groups in total. The summed E-state index contributed by atoms with van der Waals surface area (Å²) in [5.41, 5.74) is 7.07. The molecule has 6 heteroatoms. The molecule has 1 amide bonds. The van der Waals surface area contributed by atoms with E-state index in [0.29, 0.717) is 35.3 Å². The average molecular weight is 366 g/mol. The van der Waals surface area contributed by atoms with E-state index < -0.39 is 0 Å². The van der Waals surface area contributed by atoms with E-state index in [1.54, 1.807) is 6.07 Å². The Morgan fingerprint density at radius 2 is 2.00 bits per heavy atom. The predicted molar refractivity (Wildman–Crippen MR) is 95.0 cm³/mol. The summed E-state index contributed by atoms with van der Waals surface area (Å²) in [5.74, 6) is 0.417. The lowest BCUT2D eigenvalue weighted by atomic mass is 9.83. The van der Waals surface area contributed by atoms with Crippen LogP contribution in [0.4, 0.5) is 0 Å². The van der Waals surface area contributed by atoms with Crippen LogP contribution in [0.1, 0.15) is 37.7 Å². The van der Waals surface area contributed by atoms with E-state index in [4.69, 9.17) is 28.9 Å². The zero-order chi connectivity index (χ0) is 15.2. The zero-order valence-corrected chi connectivity index (χ0v) is 14.8. The summed E-state index contributed by atoms with van der Waals surface area (Å²) in [6.07, 6.45) is 5.73. The highest BCUT2D eigenvalue weighted by Crippen LogP contribution is 2.25. The second-order valence-electron chi connectivity index (χ2n) is 5.75. The van der Waals surface area contributed by atoms with Gasteiger partial charge in [-0.2, -0.15) is 0 Å². The third-order valence-corrected chi connectivity index (χ3v) is 4.73. The minimum absolute atomic E-state index is 0. The lowest BCUT2D eigenvalue weighted by Crippen LogP contribution is -2.37. The number of rotatable bonds is 5. The quantitative estimate of drug-likeness (QED) is 0.829. The molecule has 22 heavy (non-hydrogen) atoms. The van der Waals surface area contributed by atoms with E-state index in [2.05, 4.69) is 5.32 Å². The Kier molecular flexibility index (Phi) is 8.55. The van der Waals surface area contributed by atoms with Gasteiger partial charge in [-0.3, -0.25) is 4.79 Å². The van der Waals surface area contributed by atoms with Crippen molar-refractivity contribution in [1.29, 1.82) is 0 Å². The van der Waals surface area contributed by atoms with Gasteiger partial charge in [0.05, 0.1) is 0 Å². The van der Waals surface area contributed by atoms with Crippen LogP contribution in [-0.4, -0.2) is 18.5 Å². The van der Waals surface area contributed by atoms with Gasteiger partial charge < -0.3 is 11.1 Å². The van der Waals surface area contributed by atoms with Crippen molar-refractivity contribution in [2.24, 2.45) is 11.7 Å². The average Bonchev–Trinajstić information content (AvgIpc) is 2.44. The second kappa shape index (κ2) is 9.61. The molecule has 1 aromatic carbocycles. The number of benzene rings is 1. The zero-order valence-electron chi connectivity index (χ0n) is 12.5. The van der Waals surface area contributed by atoms with Gasteiger partial charge in [-0.15, -0.1) is 12.4 Å². The number of hydrogen-bond acceptors (Lipinski definition) is 2.